The highest BCUT2D eigenvalue weighted by Crippen LogP contribution is 2.40. The van der Waals surface area contributed by atoms with E-state index in [4.69, 9.17) is 37.9 Å². The molecule has 0 N–H and O–H groups in total. The minimum Gasteiger partial charge on any atom is -0.459 e. The zero-order valence-corrected chi connectivity index (χ0v) is 55.2. The highest BCUT2D eigenvalue weighted by molar-refractivity contribution is 8.00. The van der Waals surface area contributed by atoms with Crippen LogP contribution < -0.4 is 0 Å². The maximum absolute atomic E-state index is 13.6. The quantitative estimate of drug-likeness (QED) is 0.0189. The van der Waals surface area contributed by atoms with E-state index >= 15 is 0 Å². The second-order valence-electron chi connectivity index (χ2n) is 23.2. The largest absolute Gasteiger partial charge is 0.459 e. The summed E-state index contributed by atoms with van der Waals surface area (Å²) in [6.45, 7) is -0.699. The average Bonchev–Trinajstić information content (AvgIpc) is 1.62. The Morgan fingerprint density at radius 1 is 0.340 bits per heavy atom. The summed E-state index contributed by atoms with van der Waals surface area (Å²) in [5.74, 6) is -4.19. The lowest BCUT2D eigenvalue weighted by Crippen LogP contribution is -2.41. The van der Waals surface area contributed by atoms with Crippen LogP contribution in [0.15, 0.2) is 273 Å². The van der Waals surface area contributed by atoms with E-state index in [0.29, 0.717) is 49.7 Å². The van der Waals surface area contributed by atoms with Crippen molar-refractivity contribution in [2.24, 2.45) is 0 Å². The first-order chi connectivity index (χ1) is 50.4. The Hall–Kier alpha value is -12.7. The molecule has 103 heavy (non-hydrogen) atoms. The van der Waals surface area contributed by atoms with E-state index < -0.39 is 84.9 Å². The van der Waals surface area contributed by atoms with E-state index in [1.807, 2.05) is 12.1 Å². The number of hydrogen-bond acceptors (Lipinski definition) is 23. The topological polar surface area (TPSA) is 298 Å². The number of carbonyl (C=O) groups excluding carboxylic acids is 8. The number of benzene rings is 8. The number of esters is 6. The highest BCUT2D eigenvalue weighted by atomic mass is 32.2. The van der Waals surface area contributed by atoms with E-state index in [0.717, 1.165) is 0 Å². The molecule has 2 aliphatic rings. The fourth-order valence-electron chi connectivity index (χ4n) is 11.4. The van der Waals surface area contributed by atoms with Crippen molar-refractivity contribution in [3.8, 4) is 0 Å². The van der Waals surface area contributed by atoms with Gasteiger partial charge >= 0.3 is 35.8 Å². The van der Waals surface area contributed by atoms with Crippen LogP contribution in [0.5, 0.6) is 0 Å². The molecule has 12 aromatic rings. The molecule has 8 atom stereocenters. The van der Waals surface area contributed by atoms with Gasteiger partial charge in [0.25, 0.3) is 0 Å². The van der Waals surface area contributed by atoms with Crippen LogP contribution in [-0.4, -0.2) is 142 Å². The smallest absolute Gasteiger partial charge is 0.338 e. The summed E-state index contributed by atoms with van der Waals surface area (Å²) in [5.41, 5.74) is 4.41. The van der Waals surface area contributed by atoms with Gasteiger partial charge in [-0.15, -0.1) is 0 Å². The number of carbonyl (C=O) groups is 8. The molecule has 14 rings (SSSR count). The average molecular weight is 1400 g/mol. The van der Waals surface area contributed by atoms with Gasteiger partial charge in [0.05, 0.1) is 63.9 Å². The molecule has 0 bridgehead atoms. The lowest BCUT2D eigenvalue weighted by molar-refractivity contribution is -0.0608. The summed E-state index contributed by atoms with van der Waals surface area (Å²) in [6.07, 6.45) is -4.05. The molecule has 2 fully saturated rings. The van der Waals surface area contributed by atoms with Gasteiger partial charge in [0.15, 0.2) is 59.7 Å². The molecule has 0 amide bonds. The molecule has 0 radical (unpaired) electrons. The van der Waals surface area contributed by atoms with Gasteiger partial charge < -0.3 is 37.9 Å². The van der Waals surface area contributed by atoms with Gasteiger partial charge in [-0.05, 0) is 72.8 Å². The third kappa shape index (κ3) is 16.3. The number of fused-ring (bicyclic) bond motifs is 2. The highest BCUT2D eigenvalue weighted by Gasteiger charge is 2.53. The molecule has 514 valence electrons. The first kappa shape index (κ1) is 68.8. The fourth-order valence-corrected chi connectivity index (χ4v) is 12.3. The Morgan fingerprint density at radius 3 is 1.03 bits per heavy atom. The number of imidazole rings is 2. The number of rotatable bonds is 23. The standard InChI is InChI=1S/C39H30N4O8S.C39H30N4O8/c44-29(25-13-5-1-6-14-25)22-52-35-31-34(40-23-41-35)43(24-42-31)36-33(51-39(47)28-19-11-4-12-20-28)32(50-38(46)27-17-9-3-10-18-27)30(49-36)21-48-37(45)26-15-7-2-8-16-26;44-30(25-13-5-1-6-14-25)21-29-32-35(41-23-40-29)43(24-42-32)36-34(51-39(47)28-19-11-4-12-20-28)33(50-38(46)27-17-9-3-10-18-27)31(49-36)22-48-37(45)26-15-7-2-8-16-26/h1-20,23-24,30,32-33,36H,21-22H2;1-20,23-24,31,33-34,36H,21-22H2/t30-,32-,33-,36-;31-,33-,34-,36-/m11/s1. The second kappa shape index (κ2) is 32.5. The Kier molecular flexibility index (Phi) is 21.7. The van der Waals surface area contributed by atoms with Gasteiger partial charge in [0.2, 0.25) is 0 Å². The molecule has 0 unspecified atom stereocenters. The molecule has 4 aromatic heterocycles. The molecular formula is C78H60N8O16S. The van der Waals surface area contributed by atoms with Gasteiger partial charge in [-0.1, -0.05) is 182 Å². The normalized spacial score (nSPS) is 18.1. The molecule has 0 saturated carbocycles. The van der Waals surface area contributed by atoms with E-state index in [1.165, 1.54) is 41.6 Å². The van der Waals surface area contributed by atoms with Gasteiger partial charge in [-0.3, -0.25) is 18.7 Å². The van der Waals surface area contributed by atoms with Crippen LogP contribution in [0.4, 0.5) is 0 Å². The van der Waals surface area contributed by atoms with Crippen LogP contribution in [0.3, 0.4) is 0 Å². The zero-order valence-electron chi connectivity index (χ0n) is 54.4. The van der Waals surface area contributed by atoms with Crippen LogP contribution in [0.2, 0.25) is 0 Å². The number of nitrogens with zero attached hydrogens (tertiary/aromatic N) is 8. The zero-order chi connectivity index (χ0) is 71.0. The number of Topliss-reactive ketones (excluding diaryl/α,β-unsaturated/α-hetero) is 2. The number of ether oxygens (including phenoxy) is 8. The summed E-state index contributed by atoms with van der Waals surface area (Å²) in [7, 11) is 0. The molecule has 6 heterocycles. The Morgan fingerprint density at radius 2 is 0.650 bits per heavy atom. The van der Waals surface area contributed by atoms with Crippen LogP contribution in [-0.2, 0) is 44.3 Å². The minimum absolute atomic E-state index is 0.0482. The minimum atomic E-state index is -1.27. The Balaban J connectivity index is 0.000000183. The van der Waals surface area contributed by atoms with Crippen molar-refractivity contribution in [1.82, 2.24) is 39.0 Å². The summed E-state index contributed by atoms with van der Waals surface area (Å²) in [5, 5.41) is 0.448. The maximum Gasteiger partial charge on any atom is 0.338 e. The summed E-state index contributed by atoms with van der Waals surface area (Å²) in [6, 6.07) is 67.8. The van der Waals surface area contributed by atoms with Crippen molar-refractivity contribution < 1.29 is 76.3 Å². The van der Waals surface area contributed by atoms with Crippen LogP contribution in [0.1, 0.15) is 101 Å². The van der Waals surface area contributed by atoms with Gasteiger partial charge in [0, 0.05) is 11.1 Å². The third-order valence-electron chi connectivity index (χ3n) is 16.5. The van der Waals surface area contributed by atoms with Crippen LogP contribution in [0, 0.1) is 0 Å². The molecule has 2 saturated heterocycles. The van der Waals surface area contributed by atoms with Crippen molar-refractivity contribution in [2.45, 2.75) is 60.5 Å². The monoisotopic (exact) mass is 1400 g/mol. The van der Waals surface area contributed by atoms with E-state index in [2.05, 4.69) is 29.9 Å². The van der Waals surface area contributed by atoms with Gasteiger partial charge in [-0.2, -0.15) is 0 Å². The summed E-state index contributed by atoms with van der Waals surface area (Å²) in [4.78, 5) is 133. The Bertz CT molecular complexity index is 4970. The first-order valence-corrected chi connectivity index (χ1v) is 33.3. The van der Waals surface area contributed by atoms with E-state index in [1.54, 1.807) is 235 Å². The SMILES string of the molecule is O=C(CSc1ncnc2c1ncn2[C@@H]1O[C@H](COC(=O)c2ccccc2)[C@@H](OC(=O)c2ccccc2)[C@H]1OC(=O)c1ccccc1)c1ccccc1.O=C(Cc1ncnc2c1ncn2[C@@H]1O[C@H](COC(=O)c2ccccc2)[C@@H](OC(=O)c2ccccc2)[C@H]1OC(=O)c1ccccc1)c1ccccc1. The van der Waals surface area contributed by atoms with Crippen molar-refractivity contribution in [3.05, 3.63) is 318 Å². The summed E-state index contributed by atoms with van der Waals surface area (Å²) >= 11 is 1.20. The molecule has 24 nitrogen and oxygen atoms in total. The number of aromatic nitrogens is 8. The predicted molar refractivity (Wildman–Crippen MR) is 370 cm³/mol. The van der Waals surface area contributed by atoms with Gasteiger partial charge in [0.1, 0.15) is 54.1 Å². The van der Waals surface area contributed by atoms with Crippen LogP contribution in [0.25, 0.3) is 22.3 Å². The third-order valence-corrected chi connectivity index (χ3v) is 17.5. The van der Waals surface area contributed by atoms with Crippen molar-refractivity contribution in [2.75, 3.05) is 19.0 Å². The molecule has 0 spiro atoms. The predicted octanol–water partition coefficient (Wildman–Crippen LogP) is 11.5. The number of thioether (sulfide) groups is 1. The molecular weight excluding hydrogens is 1340 g/mol. The molecule has 25 heteroatoms. The fraction of sp³-hybridized carbons (Fsp3) is 0.154. The Labute approximate surface area is 591 Å². The lowest BCUT2D eigenvalue weighted by Gasteiger charge is -2.25. The molecule has 2 aliphatic heterocycles. The van der Waals surface area contributed by atoms with E-state index in [-0.39, 0.29) is 64.9 Å². The molecule has 8 aromatic carbocycles. The van der Waals surface area contributed by atoms with Gasteiger partial charge in [-0.25, -0.2) is 58.7 Å². The maximum atomic E-state index is 13.6. The van der Waals surface area contributed by atoms with Crippen LogP contribution >= 0.6 is 11.8 Å². The summed E-state index contributed by atoms with van der Waals surface area (Å²) < 4.78 is 51.5. The van der Waals surface area contributed by atoms with Crippen molar-refractivity contribution >= 4 is 81.5 Å². The van der Waals surface area contributed by atoms with Crippen molar-refractivity contribution in [1.29, 1.82) is 0 Å². The first-order valence-electron chi connectivity index (χ1n) is 32.3. The van der Waals surface area contributed by atoms with E-state index in [9.17, 15) is 38.4 Å². The number of hydrogen-bond donors (Lipinski definition) is 0. The number of ketones is 2. The lowest BCUT2D eigenvalue weighted by atomic mass is 10.1. The second-order valence-corrected chi connectivity index (χ2v) is 24.2. The van der Waals surface area contributed by atoms with Crippen molar-refractivity contribution in [3.63, 3.8) is 0 Å². The molecule has 0 aliphatic carbocycles.